The maximum atomic E-state index is 13.2. The molecule has 1 saturated carbocycles. The van der Waals surface area contributed by atoms with Crippen molar-refractivity contribution in [3.8, 4) is 0 Å². The number of carbonyl (C=O) groups is 2. The van der Waals surface area contributed by atoms with E-state index in [0.717, 1.165) is 12.2 Å². The number of imidazole rings is 1. The Balaban J connectivity index is 1.49. The number of amides is 1. The maximum Gasteiger partial charge on any atom is 0.356 e. The van der Waals surface area contributed by atoms with Gasteiger partial charge in [0.15, 0.2) is 5.69 Å². The summed E-state index contributed by atoms with van der Waals surface area (Å²) in [7, 11) is 0. The molecule has 3 aromatic rings. The fourth-order valence-electron chi connectivity index (χ4n) is 3.94. The first-order valence-corrected chi connectivity index (χ1v) is 9.43. The molecule has 1 aliphatic carbocycles. The minimum atomic E-state index is -1.05. The van der Waals surface area contributed by atoms with Crippen molar-refractivity contribution in [3.63, 3.8) is 0 Å². The first-order chi connectivity index (χ1) is 13.5. The lowest BCUT2D eigenvalue weighted by Crippen LogP contribution is -2.37. The van der Waals surface area contributed by atoms with Crippen LogP contribution in [0.5, 0.6) is 0 Å². The average Bonchev–Trinajstić information content (AvgIpc) is 3.33. The van der Waals surface area contributed by atoms with Crippen LogP contribution in [0.4, 0.5) is 0 Å². The van der Waals surface area contributed by atoms with E-state index >= 15 is 0 Å². The molecule has 3 aromatic heterocycles. The van der Waals surface area contributed by atoms with Gasteiger partial charge < -0.3 is 10.0 Å². The predicted molar refractivity (Wildman–Crippen MR) is 98.1 cm³/mol. The Morgan fingerprint density at radius 3 is 2.89 bits per heavy atom. The zero-order chi connectivity index (χ0) is 19.4. The largest absolute Gasteiger partial charge is 0.476 e. The second-order valence-electron chi connectivity index (χ2n) is 7.52. The fraction of sp³-hybridized carbons (Fsp3) is 0.421. The van der Waals surface area contributed by atoms with Crippen LogP contribution in [0.3, 0.4) is 0 Å². The smallest absolute Gasteiger partial charge is 0.356 e. The molecule has 4 heterocycles. The summed E-state index contributed by atoms with van der Waals surface area (Å²) in [6.45, 7) is 3.32. The van der Waals surface area contributed by atoms with Crippen LogP contribution < -0.4 is 0 Å². The molecule has 9 heteroatoms. The summed E-state index contributed by atoms with van der Waals surface area (Å²) in [5, 5.41) is 13.9. The van der Waals surface area contributed by atoms with Crippen molar-refractivity contribution in [2.45, 2.75) is 39.3 Å². The van der Waals surface area contributed by atoms with Crippen molar-refractivity contribution in [2.75, 3.05) is 6.54 Å². The van der Waals surface area contributed by atoms with Gasteiger partial charge in [0, 0.05) is 43.2 Å². The highest BCUT2D eigenvalue weighted by atomic mass is 16.4. The van der Waals surface area contributed by atoms with Crippen molar-refractivity contribution in [1.82, 2.24) is 29.0 Å². The van der Waals surface area contributed by atoms with Crippen LogP contribution in [0.2, 0.25) is 0 Å². The monoisotopic (exact) mass is 380 g/mol. The van der Waals surface area contributed by atoms with Gasteiger partial charge in [0.2, 0.25) is 5.78 Å². The number of carboxylic acids is 1. The van der Waals surface area contributed by atoms with E-state index in [4.69, 9.17) is 0 Å². The highest BCUT2D eigenvalue weighted by Gasteiger charge is 2.33. The van der Waals surface area contributed by atoms with Gasteiger partial charge in [0.05, 0.1) is 12.2 Å². The van der Waals surface area contributed by atoms with Crippen LogP contribution in [-0.2, 0) is 19.5 Å². The molecule has 0 spiro atoms. The molecule has 2 aliphatic rings. The Labute approximate surface area is 160 Å². The minimum Gasteiger partial charge on any atom is -0.476 e. The molecule has 0 bridgehead atoms. The van der Waals surface area contributed by atoms with Crippen LogP contribution in [0.25, 0.3) is 5.78 Å². The highest BCUT2D eigenvalue weighted by Crippen LogP contribution is 2.33. The molecular weight excluding hydrogens is 360 g/mol. The van der Waals surface area contributed by atoms with Gasteiger partial charge in [-0.15, -0.1) is 0 Å². The molecule has 1 N–H and O–H groups in total. The molecule has 1 fully saturated rings. The molecular formula is C19H20N6O3. The summed E-state index contributed by atoms with van der Waals surface area (Å²) < 4.78 is 3.53. The number of hydrogen-bond donors (Lipinski definition) is 1. The molecule has 0 aromatic carbocycles. The lowest BCUT2D eigenvalue weighted by atomic mass is 10.0. The van der Waals surface area contributed by atoms with Crippen LogP contribution in [0.15, 0.2) is 18.5 Å². The minimum absolute atomic E-state index is 0.0599. The Hall–Kier alpha value is -3.23. The van der Waals surface area contributed by atoms with Crippen molar-refractivity contribution >= 4 is 17.7 Å². The SMILES string of the molecule is Cc1nc2ncccn2c1C(=O)N1CCc2c(c(C(=O)O)nn2CC2CC2)C1. The second-order valence-corrected chi connectivity index (χ2v) is 7.52. The predicted octanol–water partition coefficient (Wildman–Crippen LogP) is 1.54. The molecule has 0 atom stereocenters. The summed E-state index contributed by atoms with van der Waals surface area (Å²) in [5.41, 5.74) is 2.73. The number of nitrogens with zero attached hydrogens (tertiary/aromatic N) is 6. The Morgan fingerprint density at radius 2 is 2.14 bits per heavy atom. The van der Waals surface area contributed by atoms with E-state index in [1.807, 2.05) is 4.68 Å². The third-order valence-corrected chi connectivity index (χ3v) is 5.53. The molecule has 9 nitrogen and oxygen atoms in total. The number of aromatic carboxylic acids is 1. The summed E-state index contributed by atoms with van der Waals surface area (Å²) in [6, 6.07) is 1.75. The van der Waals surface area contributed by atoms with Crippen LogP contribution in [0, 0.1) is 12.8 Å². The van der Waals surface area contributed by atoms with Crippen molar-refractivity contribution in [3.05, 3.63) is 46.8 Å². The van der Waals surface area contributed by atoms with Gasteiger partial charge in [-0.1, -0.05) is 0 Å². The first-order valence-electron chi connectivity index (χ1n) is 9.43. The van der Waals surface area contributed by atoms with Gasteiger partial charge >= 0.3 is 5.97 Å². The highest BCUT2D eigenvalue weighted by molar-refractivity contribution is 5.95. The number of aromatic nitrogens is 5. The molecule has 5 rings (SSSR count). The van der Waals surface area contributed by atoms with Crippen molar-refractivity contribution < 1.29 is 14.7 Å². The summed E-state index contributed by atoms with van der Waals surface area (Å²) in [5.74, 6) is -0.145. The Morgan fingerprint density at radius 1 is 1.32 bits per heavy atom. The average molecular weight is 380 g/mol. The molecule has 28 heavy (non-hydrogen) atoms. The molecule has 144 valence electrons. The van der Waals surface area contributed by atoms with E-state index in [9.17, 15) is 14.7 Å². The molecule has 0 unspecified atom stereocenters. The van der Waals surface area contributed by atoms with Crippen molar-refractivity contribution in [2.24, 2.45) is 5.92 Å². The first kappa shape index (κ1) is 16.9. The van der Waals surface area contributed by atoms with Gasteiger partial charge in [0.25, 0.3) is 5.91 Å². The molecule has 1 amide bonds. The molecule has 0 saturated heterocycles. The third kappa shape index (κ3) is 2.65. The lowest BCUT2D eigenvalue weighted by Gasteiger charge is -2.27. The zero-order valence-corrected chi connectivity index (χ0v) is 15.5. The maximum absolute atomic E-state index is 13.2. The fourth-order valence-corrected chi connectivity index (χ4v) is 3.94. The zero-order valence-electron chi connectivity index (χ0n) is 15.5. The van der Waals surface area contributed by atoms with E-state index in [1.165, 1.54) is 12.8 Å². The van der Waals surface area contributed by atoms with Crippen molar-refractivity contribution in [1.29, 1.82) is 0 Å². The van der Waals surface area contributed by atoms with Crippen LogP contribution in [-0.4, -0.2) is 52.6 Å². The second kappa shape index (κ2) is 6.15. The van der Waals surface area contributed by atoms with E-state index in [-0.39, 0.29) is 18.1 Å². The van der Waals surface area contributed by atoms with Gasteiger partial charge in [-0.25, -0.2) is 14.8 Å². The van der Waals surface area contributed by atoms with Gasteiger partial charge in [0.1, 0.15) is 5.69 Å². The number of hydrogen-bond acceptors (Lipinski definition) is 5. The van der Waals surface area contributed by atoms with E-state index in [1.54, 1.807) is 34.7 Å². The summed E-state index contributed by atoms with van der Waals surface area (Å²) >= 11 is 0. The normalized spacial score (nSPS) is 16.4. The molecule has 1 aliphatic heterocycles. The van der Waals surface area contributed by atoms with Crippen LogP contribution >= 0.6 is 0 Å². The van der Waals surface area contributed by atoms with E-state index in [2.05, 4.69) is 15.1 Å². The lowest BCUT2D eigenvalue weighted by molar-refractivity contribution is 0.0672. The summed E-state index contributed by atoms with van der Waals surface area (Å²) in [4.78, 5) is 35.2. The van der Waals surface area contributed by atoms with Gasteiger partial charge in [-0.2, -0.15) is 5.10 Å². The topological polar surface area (TPSA) is 106 Å². The van der Waals surface area contributed by atoms with E-state index in [0.29, 0.717) is 41.6 Å². The van der Waals surface area contributed by atoms with Crippen LogP contribution in [0.1, 0.15) is 50.8 Å². The number of carboxylic acid groups (broad SMARTS) is 1. The number of aryl methyl sites for hydroxylation is 1. The molecule has 0 radical (unpaired) electrons. The standard InChI is InChI=1S/C19H20N6O3/c1-11-16(24-7-2-6-20-19(24)21-11)17(26)23-8-5-14-13(10-23)15(18(27)28)22-25(14)9-12-3-4-12/h2,6-7,12H,3-5,8-10H2,1H3,(H,27,28). The quantitative estimate of drug-likeness (QED) is 0.736. The van der Waals surface area contributed by atoms with Gasteiger partial charge in [-0.05, 0) is 31.7 Å². The summed E-state index contributed by atoms with van der Waals surface area (Å²) in [6.07, 6.45) is 6.34. The number of rotatable bonds is 4. The number of fused-ring (bicyclic) bond motifs is 2. The third-order valence-electron chi connectivity index (χ3n) is 5.53. The Kier molecular flexibility index (Phi) is 3.71. The number of carbonyl (C=O) groups excluding carboxylic acids is 1. The van der Waals surface area contributed by atoms with Gasteiger partial charge in [-0.3, -0.25) is 13.9 Å². The Bertz CT molecular complexity index is 1110. The van der Waals surface area contributed by atoms with E-state index < -0.39 is 5.97 Å².